The Hall–Kier alpha value is -1.64. The summed E-state index contributed by atoms with van der Waals surface area (Å²) in [6, 6.07) is 6.22. The van der Waals surface area contributed by atoms with Crippen molar-refractivity contribution in [1.29, 1.82) is 0 Å². The van der Waals surface area contributed by atoms with Gasteiger partial charge in [-0.15, -0.1) is 11.3 Å². The number of thiophene rings is 1. The molecule has 0 bridgehead atoms. The highest BCUT2D eigenvalue weighted by Gasteiger charge is 2.30. The van der Waals surface area contributed by atoms with Crippen molar-refractivity contribution in [3.05, 3.63) is 53.6 Å². The summed E-state index contributed by atoms with van der Waals surface area (Å²) in [5.41, 5.74) is 1.87. The molecule has 6 nitrogen and oxygen atoms in total. The lowest BCUT2D eigenvalue weighted by molar-refractivity contribution is -0.0435. The Morgan fingerprint density at radius 2 is 2.35 bits per heavy atom. The monoisotopic (exact) mass is 389 g/mol. The van der Waals surface area contributed by atoms with Crippen molar-refractivity contribution in [2.45, 2.75) is 18.3 Å². The molecule has 0 amide bonds. The fraction of sp³-hybridized carbons (Fsp3) is 0.389. The summed E-state index contributed by atoms with van der Waals surface area (Å²) in [6.07, 6.45) is 7.27. The molecule has 8 heteroatoms. The molecule has 1 fully saturated rings. The number of fused-ring (bicyclic) bond motifs is 1. The van der Waals surface area contributed by atoms with E-state index < -0.39 is 0 Å². The van der Waals surface area contributed by atoms with Crippen LogP contribution >= 0.6 is 22.9 Å². The molecule has 0 spiro atoms. The lowest BCUT2D eigenvalue weighted by Gasteiger charge is -2.40. The van der Waals surface area contributed by atoms with E-state index in [1.807, 2.05) is 18.5 Å². The first-order valence-corrected chi connectivity index (χ1v) is 9.74. The van der Waals surface area contributed by atoms with Crippen LogP contribution in [-0.4, -0.2) is 57.1 Å². The maximum absolute atomic E-state index is 6.28. The Bertz CT molecular complexity index is 828. The minimum Gasteiger partial charge on any atom is -0.360 e. The molecular formula is C18H20ClN5OS. The minimum absolute atomic E-state index is 0.0968. The molecule has 3 aromatic heterocycles. The zero-order chi connectivity index (χ0) is 17.9. The summed E-state index contributed by atoms with van der Waals surface area (Å²) in [7, 11) is 2.13. The van der Waals surface area contributed by atoms with Crippen LogP contribution in [0.25, 0.3) is 10.2 Å². The lowest BCUT2D eigenvalue weighted by Crippen LogP contribution is -2.47. The summed E-state index contributed by atoms with van der Waals surface area (Å²) in [5.74, 6) is 0. The van der Waals surface area contributed by atoms with Crippen LogP contribution in [0.5, 0.6) is 0 Å². The van der Waals surface area contributed by atoms with Crippen LogP contribution in [0.3, 0.4) is 0 Å². The van der Waals surface area contributed by atoms with E-state index >= 15 is 0 Å². The molecule has 0 aliphatic carbocycles. The summed E-state index contributed by atoms with van der Waals surface area (Å²) in [4.78, 5) is 18.7. The van der Waals surface area contributed by atoms with Gasteiger partial charge in [-0.1, -0.05) is 17.7 Å². The van der Waals surface area contributed by atoms with Crippen molar-refractivity contribution in [3.63, 3.8) is 0 Å². The van der Waals surface area contributed by atoms with Crippen LogP contribution in [0.4, 0.5) is 0 Å². The second kappa shape index (κ2) is 7.94. The molecule has 0 radical (unpaired) electrons. The predicted octanol–water partition coefficient (Wildman–Crippen LogP) is 3.11. The molecule has 0 saturated carbocycles. The van der Waals surface area contributed by atoms with Crippen molar-refractivity contribution in [2.24, 2.45) is 0 Å². The third-order valence-corrected chi connectivity index (χ3v) is 5.81. The standard InChI is InChI=1S/C18H20ClN5OS/c1-23(10-13-3-2-4-20-8-13)18(24-5-6-25-17(19)11-24)15-7-14-16(26-15)9-21-12-22-14/h2-4,7-9,12,17-18H,5-6,10-11H2,1H3. The summed E-state index contributed by atoms with van der Waals surface area (Å²) in [6.45, 7) is 2.95. The first kappa shape index (κ1) is 17.8. The van der Waals surface area contributed by atoms with Crippen molar-refractivity contribution in [2.75, 3.05) is 26.7 Å². The molecule has 26 heavy (non-hydrogen) atoms. The van der Waals surface area contributed by atoms with Gasteiger partial charge in [0.15, 0.2) is 0 Å². The van der Waals surface area contributed by atoms with E-state index in [9.17, 15) is 0 Å². The molecule has 0 N–H and O–H groups in total. The highest BCUT2D eigenvalue weighted by atomic mass is 35.5. The maximum atomic E-state index is 6.28. The van der Waals surface area contributed by atoms with E-state index in [1.54, 1.807) is 23.9 Å². The van der Waals surface area contributed by atoms with Gasteiger partial charge in [0.25, 0.3) is 0 Å². The number of morpholine rings is 1. The Labute approximate surface area is 161 Å². The highest BCUT2D eigenvalue weighted by molar-refractivity contribution is 7.19. The molecule has 136 valence electrons. The van der Waals surface area contributed by atoms with Gasteiger partial charge in [0.1, 0.15) is 11.9 Å². The molecule has 4 heterocycles. The third kappa shape index (κ3) is 3.87. The smallest absolute Gasteiger partial charge is 0.143 e. The highest BCUT2D eigenvalue weighted by Crippen LogP contribution is 2.35. The molecule has 2 atom stereocenters. The van der Waals surface area contributed by atoms with Gasteiger partial charge in [0, 0.05) is 43.1 Å². The van der Waals surface area contributed by atoms with E-state index in [0.717, 1.165) is 23.3 Å². The number of pyridine rings is 1. The third-order valence-electron chi connectivity index (χ3n) is 4.44. The molecule has 3 aromatic rings. The van der Waals surface area contributed by atoms with E-state index in [0.29, 0.717) is 13.2 Å². The van der Waals surface area contributed by atoms with Gasteiger partial charge in [-0.25, -0.2) is 9.97 Å². The molecule has 1 saturated heterocycles. The molecular weight excluding hydrogens is 370 g/mol. The second-order valence-electron chi connectivity index (χ2n) is 6.35. The summed E-state index contributed by atoms with van der Waals surface area (Å²) < 4.78 is 6.62. The average molecular weight is 390 g/mol. The fourth-order valence-corrected chi connectivity index (χ4v) is 4.78. The van der Waals surface area contributed by atoms with Crippen molar-refractivity contribution in [1.82, 2.24) is 24.8 Å². The quantitative estimate of drug-likeness (QED) is 0.625. The Morgan fingerprint density at radius 3 is 3.12 bits per heavy atom. The minimum atomic E-state index is -0.285. The SMILES string of the molecule is CN(Cc1cccnc1)C(c1cc2ncncc2s1)N1CCOC(Cl)C1. The molecule has 0 aromatic carbocycles. The summed E-state index contributed by atoms with van der Waals surface area (Å²) in [5, 5.41) is 0. The fourth-order valence-electron chi connectivity index (χ4n) is 3.32. The van der Waals surface area contributed by atoms with Crippen molar-refractivity contribution in [3.8, 4) is 0 Å². The van der Waals surface area contributed by atoms with E-state index in [1.165, 1.54) is 10.4 Å². The maximum Gasteiger partial charge on any atom is 0.143 e. The lowest BCUT2D eigenvalue weighted by atomic mass is 10.2. The average Bonchev–Trinajstić information content (AvgIpc) is 3.06. The number of rotatable bonds is 5. The summed E-state index contributed by atoms with van der Waals surface area (Å²) >= 11 is 8.01. The van der Waals surface area contributed by atoms with Gasteiger partial charge in [-0.05, 0) is 24.7 Å². The predicted molar refractivity (Wildman–Crippen MR) is 103 cm³/mol. The number of hydrogen-bond donors (Lipinski definition) is 0. The number of aromatic nitrogens is 3. The van der Waals surface area contributed by atoms with Crippen LogP contribution in [0.2, 0.25) is 0 Å². The molecule has 1 aliphatic heterocycles. The van der Waals surface area contributed by atoms with Gasteiger partial charge in [-0.3, -0.25) is 14.8 Å². The molecule has 2 unspecified atom stereocenters. The Morgan fingerprint density at radius 1 is 1.42 bits per heavy atom. The van der Waals surface area contributed by atoms with E-state index in [-0.39, 0.29) is 11.7 Å². The Kier molecular flexibility index (Phi) is 5.42. The van der Waals surface area contributed by atoms with Crippen LogP contribution < -0.4 is 0 Å². The largest absolute Gasteiger partial charge is 0.360 e. The molecule has 4 rings (SSSR count). The zero-order valence-electron chi connectivity index (χ0n) is 14.5. The normalized spacial score (nSPS) is 19.9. The van der Waals surface area contributed by atoms with Crippen molar-refractivity contribution < 1.29 is 4.74 Å². The van der Waals surface area contributed by atoms with E-state index in [2.05, 4.69) is 43.9 Å². The van der Waals surface area contributed by atoms with Crippen LogP contribution in [0.15, 0.2) is 43.1 Å². The van der Waals surface area contributed by atoms with Crippen LogP contribution in [0, 0.1) is 0 Å². The first-order valence-electron chi connectivity index (χ1n) is 8.49. The van der Waals surface area contributed by atoms with E-state index in [4.69, 9.17) is 16.3 Å². The zero-order valence-corrected chi connectivity index (χ0v) is 16.0. The number of hydrogen-bond acceptors (Lipinski definition) is 7. The van der Waals surface area contributed by atoms with Crippen LogP contribution in [0.1, 0.15) is 16.6 Å². The van der Waals surface area contributed by atoms with Crippen LogP contribution in [-0.2, 0) is 11.3 Å². The molecule has 1 aliphatic rings. The topological polar surface area (TPSA) is 54.4 Å². The second-order valence-corrected chi connectivity index (χ2v) is 7.95. The number of alkyl halides is 1. The van der Waals surface area contributed by atoms with Gasteiger partial charge < -0.3 is 4.74 Å². The number of nitrogens with zero attached hydrogens (tertiary/aromatic N) is 5. The first-order chi connectivity index (χ1) is 12.7. The Balaban J connectivity index is 1.66. The number of ether oxygens (including phenoxy) is 1. The van der Waals surface area contributed by atoms with Gasteiger partial charge in [-0.2, -0.15) is 0 Å². The van der Waals surface area contributed by atoms with Gasteiger partial charge in [0.05, 0.1) is 23.0 Å². The van der Waals surface area contributed by atoms with Gasteiger partial charge in [0.2, 0.25) is 0 Å². The van der Waals surface area contributed by atoms with Crippen molar-refractivity contribution >= 4 is 33.2 Å². The van der Waals surface area contributed by atoms with Gasteiger partial charge >= 0.3 is 0 Å². The number of halogens is 1.